The van der Waals surface area contributed by atoms with Crippen LogP contribution >= 0.6 is 0 Å². The molecule has 0 bridgehead atoms. The van der Waals surface area contributed by atoms with E-state index in [2.05, 4.69) is 15.5 Å². The maximum atomic E-state index is 12.2. The van der Waals surface area contributed by atoms with E-state index in [1.807, 2.05) is 23.0 Å². The number of halogens is 1. The molecule has 1 aromatic carbocycles. The second-order valence-corrected chi connectivity index (χ2v) is 8.31. The van der Waals surface area contributed by atoms with Crippen molar-refractivity contribution in [1.29, 1.82) is 0 Å². The molecule has 0 unspecified atom stereocenters. The molecule has 0 atom stereocenters. The first-order chi connectivity index (χ1) is 16.7. The Morgan fingerprint density at radius 1 is 1.18 bits per heavy atom. The van der Waals surface area contributed by atoms with Gasteiger partial charge in [-0.15, -0.1) is 0 Å². The molecule has 2 saturated heterocycles. The number of aromatic nitrogens is 4. The van der Waals surface area contributed by atoms with E-state index in [0.29, 0.717) is 30.8 Å². The van der Waals surface area contributed by atoms with Crippen LogP contribution in [0.15, 0.2) is 30.5 Å². The fourth-order valence-corrected chi connectivity index (χ4v) is 4.36. The summed E-state index contributed by atoms with van der Waals surface area (Å²) in [5.41, 5.74) is 2.19. The number of ether oxygens (including phenoxy) is 2. The van der Waals surface area contributed by atoms with E-state index in [4.69, 9.17) is 24.5 Å². The molecule has 0 aliphatic carbocycles. The van der Waals surface area contributed by atoms with Crippen molar-refractivity contribution in [3.63, 3.8) is 0 Å². The minimum Gasteiger partial charge on any atom is -0.447 e. The third-order valence-corrected chi connectivity index (χ3v) is 6.10. The molecule has 0 spiro atoms. The van der Waals surface area contributed by atoms with Gasteiger partial charge >= 0.3 is 6.09 Å². The molecule has 2 aliphatic heterocycles. The first kappa shape index (κ1) is 22.5. The van der Waals surface area contributed by atoms with E-state index >= 15 is 0 Å². The normalized spacial score (nSPS) is 17.1. The molecule has 180 valence electrons. The van der Waals surface area contributed by atoms with Crippen molar-refractivity contribution in [3.8, 4) is 11.4 Å². The summed E-state index contributed by atoms with van der Waals surface area (Å²) in [6.45, 7) is 3.76. The fourth-order valence-electron chi connectivity index (χ4n) is 4.36. The predicted octanol–water partition coefficient (Wildman–Crippen LogP) is 2.77. The minimum absolute atomic E-state index is 0.271. The Bertz CT molecular complexity index is 1130. The Labute approximate surface area is 196 Å². The van der Waals surface area contributed by atoms with Crippen molar-refractivity contribution in [2.24, 2.45) is 0 Å². The second kappa shape index (κ2) is 10.3. The quantitative estimate of drug-likeness (QED) is 0.568. The van der Waals surface area contributed by atoms with Gasteiger partial charge in [-0.3, -0.25) is 5.32 Å². The van der Waals surface area contributed by atoms with E-state index < -0.39 is 12.8 Å². The van der Waals surface area contributed by atoms with Crippen molar-refractivity contribution in [2.75, 3.05) is 62.9 Å². The summed E-state index contributed by atoms with van der Waals surface area (Å²) < 4.78 is 24.5. The Balaban J connectivity index is 1.49. The van der Waals surface area contributed by atoms with Crippen LogP contribution in [0.25, 0.3) is 22.4 Å². The average molecular weight is 470 g/mol. The van der Waals surface area contributed by atoms with Crippen molar-refractivity contribution in [1.82, 2.24) is 25.1 Å². The molecule has 11 heteroatoms. The van der Waals surface area contributed by atoms with Crippen LogP contribution in [0.5, 0.6) is 0 Å². The molecule has 10 nitrogen and oxygen atoms in total. The molecule has 1 amide bonds. The van der Waals surface area contributed by atoms with Crippen LogP contribution in [0.1, 0.15) is 18.9 Å². The maximum absolute atomic E-state index is 12.2. The number of alkyl halides is 1. The summed E-state index contributed by atoms with van der Waals surface area (Å²) in [5, 5.41) is 11.7. The number of nitrogens with zero attached hydrogens (tertiary/aromatic N) is 5. The molecule has 34 heavy (non-hydrogen) atoms. The number of carbonyl (C=O) groups excluding carboxylic acids is 1. The Hall–Kier alpha value is -3.31. The average Bonchev–Trinajstić information content (AvgIpc) is 3.32. The van der Waals surface area contributed by atoms with Gasteiger partial charge < -0.3 is 19.7 Å². The Morgan fingerprint density at radius 3 is 2.68 bits per heavy atom. The highest BCUT2D eigenvalue weighted by atomic mass is 19.1. The van der Waals surface area contributed by atoms with E-state index in [1.165, 1.54) is 0 Å². The van der Waals surface area contributed by atoms with Crippen molar-refractivity contribution < 1.29 is 18.7 Å². The summed E-state index contributed by atoms with van der Waals surface area (Å²) in [6.07, 6.45) is 3.19. The molecular formula is C23H28FN7O3. The molecular weight excluding hydrogens is 441 g/mol. The number of benzene rings is 1. The minimum atomic E-state index is -0.717. The van der Waals surface area contributed by atoms with Gasteiger partial charge in [0.2, 0.25) is 0 Å². The number of morpholine rings is 1. The van der Waals surface area contributed by atoms with E-state index in [1.54, 1.807) is 12.1 Å². The van der Waals surface area contributed by atoms with Crippen LogP contribution < -0.4 is 15.5 Å². The van der Waals surface area contributed by atoms with Gasteiger partial charge in [0.1, 0.15) is 19.1 Å². The van der Waals surface area contributed by atoms with Crippen LogP contribution in [-0.4, -0.2) is 78.5 Å². The van der Waals surface area contributed by atoms with Crippen LogP contribution in [0.3, 0.4) is 0 Å². The third-order valence-electron chi connectivity index (χ3n) is 6.10. The molecule has 4 heterocycles. The zero-order valence-electron chi connectivity index (χ0n) is 18.9. The highest BCUT2D eigenvalue weighted by Crippen LogP contribution is 2.31. The standard InChI is InChI=1S/C23H28FN7O3/c24-7-12-34-23(32)27-17-3-1-16(2-4-17)20-28-21(30-10-13-33-14-11-30)19-15-26-31(22(19)29-20)18-5-8-25-9-6-18/h1-4,15,18,25H,5-14H2,(H,27,32). The first-order valence-electron chi connectivity index (χ1n) is 11.6. The molecule has 0 radical (unpaired) electrons. The second-order valence-electron chi connectivity index (χ2n) is 8.31. The fraction of sp³-hybridized carbons (Fsp3) is 0.478. The van der Waals surface area contributed by atoms with Gasteiger partial charge in [-0.05, 0) is 50.2 Å². The van der Waals surface area contributed by atoms with Crippen LogP contribution in [0.2, 0.25) is 0 Å². The van der Waals surface area contributed by atoms with Crippen LogP contribution in [0.4, 0.5) is 20.7 Å². The summed E-state index contributed by atoms with van der Waals surface area (Å²) in [4.78, 5) is 23.8. The van der Waals surface area contributed by atoms with Gasteiger partial charge in [0.05, 0.1) is 30.8 Å². The van der Waals surface area contributed by atoms with Crippen molar-refractivity contribution >= 4 is 28.6 Å². The number of anilines is 2. The number of nitrogens with one attached hydrogen (secondary N) is 2. The molecule has 5 rings (SSSR count). The first-order valence-corrected chi connectivity index (χ1v) is 11.6. The highest BCUT2D eigenvalue weighted by molar-refractivity contribution is 5.89. The highest BCUT2D eigenvalue weighted by Gasteiger charge is 2.24. The lowest BCUT2D eigenvalue weighted by Gasteiger charge is -2.28. The predicted molar refractivity (Wildman–Crippen MR) is 126 cm³/mol. The smallest absolute Gasteiger partial charge is 0.411 e. The van der Waals surface area contributed by atoms with E-state index in [0.717, 1.165) is 61.4 Å². The maximum Gasteiger partial charge on any atom is 0.411 e. The number of hydrogen-bond acceptors (Lipinski definition) is 8. The third kappa shape index (κ3) is 4.80. The zero-order chi connectivity index (χ0) is 23.3. The molecule has 3 aromatic rings. The van der Waals surface area contributed by atoms with Gasteiger partial charge in [-0.1, -0.05) is 0 Å². The summed E-state index contributed by atoms with van der Waals surface area (Å²) in [7, 11) is 0. The van der Waals surface area contributed by atoms with E-state index in [9.17, 15) is 9.18 Å². The van der Waals surface area contributed by atoms with Crippen molar-refractivity contribution in [2.45, 2.75) is 18.9 Å². The number of piperidine rings is 1. The lowest BCUT2D eigenvalue weighted by molar-refractivity contribution is 0.122. The van der Waals surface area contributed by atoms with Gasteiger partial charge in [-0.2, -0.15) is 5.10 Å². The lowest BCUT2D eigenvalue weighted by Crippen LogP contribution is -2.37. The van der Waals surface area contributed by atoms with Crippen LogP contribution in [0, 0.1) is 0 Å². The van der Waals surface area contributed by atoms with Crippen LogP contribution in [-0.2, 0) is 9.47 Å². The summed E-state index contributed by atoms with van der Waals surface area (Å²) >= 11 is 0. The summed E-state index contributed by atoms with van der Waals surface area (Å²) in [5.74, 6) is 1.46. The Morgan fingerprint density at radius 2 is 1.94 bits per heavy atom. The number of rotatable bonds is 6. The summed E-state index contributed by atoms with van der Waals surface area (Å²) in [6, 6.07) is 7.48. The largest absolute Gasteiger partial charge is 0.447 e. The lowest BCUT2D eigenvalue weighted by atomic mass is 10.1. The molecule has 2 aromatic heterocycles. The Kier molecular flexibility index (Phi) is 6.82. The van der Waals surface area contributed by atoms with E-state index in [-0.39, 0.29) is 6.61 Å². The molecule has 2 N–H and O–H groups in total. The zero-order valence-corrected chi connectivity index (χ0v) is 18.9. The number of carbonyl (C=O) groups is 1. The van der Waals surface area contributed by atoms with Gasteiger partial charge in [0.15, 0.2) is 11.5 Å². The number of fused-ring (bicyclic) bond motifs is 1. The monoisotopic (exact) mass is 469 g/mol. The van der Waals surface area contributed by atoms with Crippen molar-refractivity contribution in [3.05, 3.63) is 30.5 Å². The number of amides is 1. The van der Waals surface area contributed by atoms with Gasteiger partial charge in [0, 0.05) is 24.3 Å². The topological polar surface area (TPSA) is 106 Å². The SMILES string of the molecule is O=C(Nc1ccc(-c2nc(N3CCOCC3)c3cnn(C4CCNCC4)c3n2)cc1)OCCF. The molecule has 0 saturated carbocycles. The van der Waals surface area contributed by atoms with Gasteiger partial charge in [-0.25, -0.2) is 23.8 Å². The molecule has 2 fully saturated rings. The number of hydrogen-bond donors (Lipinski definition) is 2. The van der Waals surface area contributed by atoms with Gasteiger partial charge in [0.25, 0.3) is 0 Å². The molecule has 2 aliphatic rings.